The van der Waals surface area contributed by atoms with Gasteiger partial charge in [-0.1, -0.05) is 18.2 Å². The molecule has 1 saturated heterocycles. The van der Waals surface area contributed by atoms with Crippen LogP contribution in [0.1, 0.15) is 34.9 Å². The first-order chi connectivity index (χ1) is 9.66. The lowest BCUT2D eigenvalue weighted by atomic mass is 10.0. The van der Waals surface area contributed by atoms with E-state index >= 15 is 0 Å². The highest BCUT2D eigenvalue weighted by Gasteiger charge is 2.32. The van der Waals surface area contributed by atoms with Crippen molar-refractivity contribution in [1.29, 1.82) is 0 Å². The van der Waals surface area contributed by atoms with Crippen molar-refractivity contribution >= 4 is 5.91 Å². The van der Waals surface area contributed by atoms with E-state index in [1.807, 2.05) is 0 Å². The van der Waals surface area contributed by atoms with Gasteiger partial charge in [-0.2, -0.15) is 5.10 Å². The molecule has 20 heavy (non-hydrogen) atoms. The van der Waals surface area contributed by atoms with Crippen LogP contribution in [0.5, 0.6) is 0 Å². The molecule has 0 radical (unpaired) electrons. The minimum atomic E-state index is -0.252. The summed E-state index contributed by atoms with van der Waals surface area (Å²) in [6.07, 6.45) is 3.42. The van der Waals surface area contributed by atoms with Gasteiger partial charge in [0.25, 0.3) is 5.91 Å². The van der Waals surface area contributed by atoms with Crippen LogP contribution in [0, 0.1) is 5.82 Å². The number of hydrogen-bond acceptors (Lipinski definition) is 2. The van der Waals surface area contributed by atoms with Crippen molar-refractivity contribution in [3.8, 4) is 0 Å². The lowest BCUT2D eigenvalue weighted by molar-refractivity contribution is 0.0727. The topological polar surface area (TPSA) is 38.1 Å². The first-order valence-corrected chi connectivity index (χ1v) is 6.72. The Bertz CT molecular complexity index is 638. The number of hydrogen-bond donors (Lipinski definition) is 0. The zero-order chi connectivity index (χ0) is 14.1. The highest BCUT2D eigenvalue weighted by molar-refractivity contribution is 5.92. The zero-order valence-electron chi connectivity index (χ0n) is 11.3. The van der Waals surface area contributed by atoms with Crippen LogP contribution in [0.25, 0.3) is 0 Å². The fourth-order valence-electron chi connectivity index (χ4n) is 2.75. The van der Waals surface area contributed by atoms with Gasteiger partial charge in [-0.25, -0.2) is 4.39 Å². The zero-order valence-corrected chi connectivity index (χ0v) is 11.3. The van der Waals surface area contributed by atoms with Crippen LogP contribution in [0.2, 0.25) is 0 Å². The Morgan fingerprint density at radius 1 is 1.35 bits per heavy atom. The Hall–Kier alpha value is -2.17. The molecule has 1 amide bonds. The Morgan fingerprint density at radius 2 is 2.15 bits per heavy atom. The summed E-state index contributed by atoms with van der Waals surface area (Å²) in [6, 6.07) is 8.17. The van der Waals surface area contributed by atoms with Gasteiger partial charge in [0.15, 0.2) is 0 Å². The van der Waals surface area contributed by atoms with Crippen LogP contribution in [0.4, 0.5) is 4.39 Å². The van der Waals surface area contributed by atoms with Crippen molar-refractivity contribution in [2.75, 3.05) is 6.54 Å². The molecule has 4 nitrogen and oxygen atoms in total. The highest BCUT2D eigenvalue weighted by Crippen LogP contribution is 2.34. The molecule has 1 atom stereocenters. The summed E-state index contributed by atoms with van der Waals surface area (Å²) in [5.41, 5.74) is 1.00. The van der Waals surface area contributed by atoms with Gasteiger partial charge in [-0.15, -0.1) is 0 Å². The molecule has 104 valence electrons. The van der Waals surface area contributed by atoms with Crippen molar-refractivity contribution in [3.05, 3.63) is 53.6 Å². The largest absolute Gasteiger partial charge is 0.330 e. The Morgan fingerprint density at radius 3 is 2.85 bits per heavy atom. The van der Waals surface area contributed by atoms with Crippen molar-refractivity contribution < 1.29 is 9.18 Å². The summed E-state index contributed by atoms with van der Waals surface area (Å²) in [5, 5.41) is 4.14. The van der Waals surface area contributed by atoms with Gasteiger partial charge in [0.2, 0.25) is 0 Å². The second kappa shape index (κ2) is 5.07. The molecular formula is C15H16FN3O. The number of carbonyl (C=O) groups excluding carboxylic acids is 1. The first-order valence-electron chi connectivity index (χ1n) is 6.72. The third-order valence-corrected chi connectivity index (χ3v) is 3.71. The van der Waals surface area contributed by atoms with Gasteiger partial charge in [0, 0.05) is 25.4 Å². The molecular weight excluding hydrogens is 257 g/mol. The molecule has 1 aromatic heterocycles. The standard InChI is InChI=1S/C15H16FN3O/c1-18-10-8-13(17-18)15(20)19-9-4-7-14(19)11-5-2-3-6-12(11)16/h2-3,5-6,8,10,14H,4,7,9H2,1H3/t14-/m0/s1. The van der Waals surface area contributed by atoms with Crippen LogP contribution in [-0.2, 0) is 7.05 Å². The summed E-state index contributed by atoms with van der Waals surface area (Å²) in [6.45, 7) is 0.647. The maximum Gasteiger partial charge on any atom is 0.274 e. The molecule has 0 spiro atoms. The monoisotopic (exact) mass is 273 g/mol. The smallest absolute Gasteiger partial charge is 0.274 e. The maximum absolute atomic E-state index is 13.9. The molecule has 0 aliphatic carbocycles. The summed E-state index contributed by atoms with van der Waals surface area (Å²) >= 11 is 0. The average molecular weight is 273 g/mol. The van der Waals surface area contributed by atoms with E-state index in [1.54, 1.807) is 47.1 Å². The number of nitrogens with zero attached hydrogens (tertiary/aromatic N) is 3. The van der Waals surface area contributed by atoms with Gasteiger partial charge in [0.1, 0.15) is 11.5 Å². The van der Waals surface area contributed by atoms with E-state index < -0.39 is 0 Å². The van der Waals surface area contributed by atoms with Crippen LogP contribution >= 0.6 is 0 Å². The highest BCUT2D eigenvalue weighted by atomic mass is 19.1. The fraction of sp³-hybridized carbons (Fsp3) is 0.333. The predicted octanol–water partition coefficient (Wildman–Crippen LogP) is 2.54. The van der Waals surface area contributed by atoms with Crippen LogP contribution < -0.4 is 0 Å². The summed E-state index contributed by atoms with van der Waals surface area (Å²) in [4.78, 5) is 14.2. The number of carbonyl (C=O) groups is 1. The molecule has 0 unspecified atom stereocenters. The van der Waals surface area contributed by atoms with Gasteiger partial charge in [-0.05, 0) is 25.0 Å². The fourth-order valence-corrected chi connectivity index (χ4v) is 2.75. The molecule has 1 aliphatic rings. The maximum atomic E-state index is 13.9. The van der Waals surface area contributed by atoms with Gasteiger partial charge in [0.05, 0.1) is 6.04 Å². The van der Waals surface area contributed by atoms with E-state index in [9.17, 15) is 9.18 Å². The van der Waals surface area contributed by atoms with E-state index in [4.69, 9.17) is 0 Å². The third-order valence-electron chi connectivity index (χ3n) is 3.71. The molecule has 1 fully saturated rings. The van der Waals surface area contributed by atoms with Crippen molar-refractivity contribution in [2.24, 2.45) is 7.05 Å². The lowest BCUT2D eigenvalue weighted by Crippen LogP contribution is -2.31. The van der Waals surface area contributed by atoms with E-state index in [1.165, 1.54) is 6.07 Å². The molecule has 5 heteroatoms. The molecule has 3 rings (SSSR count). The quantitative estimate of drug-likeness (QED) is 0.843. The van der Waals surface area contributed by atoms with E-state index in [-0.39, 0.29) is 17.8 Å². The molecule has 2 heterocycles. The van der Waals surface area contributed by atoms with E-state index in [0.717, 1.165) is 12.8 Å². The minimum absolute atomic E-state index is 0.128. The average Bonchev–Trinajstić information content (AvgIpc) is 3.07. The third kappa shape index (κ3) is 2.19. The number of benzene rings is 1. The normalized spacial score (nSPS) is 18.5. The summed E-state index contributed by atoms with van der Waals surface area (Å²) in [5.74, 6) is -0.380. The van der Waals surface area contributed by atoms with Gasteiger partial charge < -0.3 is 4.90 Å². The molecule has 2 aromatic rings. The number of aromatic nitrogens is 2. The van der Waals surface area contributed by atoms with Gasteiger partial charge >= 0.3 is 0 Å². The SMILES string of the molecule is Cn1ccc(C(=O)N2CCC[C@H]2c2ccccc2F)n1. The second-order valence-corrected chi connectivity index (χ2v) is 5.05. The number of likely N-dealkylation sites (tertiary alicyclic amines) is 1. The minimum Gasteiger partial charge on any atom is -0.330 e. The van der Waals surface area contributed by atoms with Crippen molar-refractivity contribution in [1.82, 2.24) is 14.7 Å². The number of amides is 1. The molecule has 0 bridgehead atoms. The number of halogens is 1. The summed E-state index contributed by atoms with van der Waals surface area (Å²) in [7, 11) is 1.77. The van der Waals surface area contributed by atoms with Crippen LogP contribution in [-0.4, -0.2) is 27.1 Å². The first kappa shape index (κ1) is 12.8. The second-order valence-electron chi connectivity index (χ2n) is 5.05. The van der Waals surface area contributed by atoms with Crippen molar-refractivity contribution in [3.63, 3.8) is 0 Å². The molecule has 1 aliphatic heterocycles. The number of rotatable bonds is 2. The Balaban J connectivity index is 1.90. The Labute approximate surface area is 116 Å². The lowest BCUT2D eigenvalue weighted by Gasteiger charge is -2.24. The summed E-state index contributed by atoms with van der Waals surface area (Å²) < 4.78 is 15.5. The van der Waals surface area contributed by atoms with E-state index in [0.29, 0.717) is 17.8 Å². The molecule has 1 aromatic carbocycles. The molecule has 0 N–H and O–H groups in total. The van der Waals surface area contributed by atoms with Crippen molar-refractivity contribution in [2.45, 2.75) is 18.9 Å². The van der Waals surface area contributed by atoms with E-state index in [2.05, 4.69) is 5.10 Å². The van der Waals surface area contributed by atoms with Gasteiger partial charge in [-0.3, -0.25) is 9.48 Å². The Kier molecular flexibility index (Phi) is 3.26. The van der Waals surface area contributed by atoms with Crippen LogP contribution in [0.3, 0.4) is 0 Å². The molecule has 0 saturated carbocycles. The number of aryl methyl sites for hydroxylation is 1. The van der Waals surface area contributed by atoms with Crippen LogP contribution in [0.15, 0.2) is 36.5 Å². The predicted molar refractivity (Wildman–Crippen MR) is 72.6 cm³/mol.